The van der Waals surface area contributed by atoms with Crippen LogP contribution in [0.5, 0.6) is 0 Å². The number of aryl methyl sites for hydroxylation is 6. The van der Waals surface area contributed by atoms with Gasteiger partial charge in [0.15, 0.2) is 0 Å². The minimum Gasteiger partial charge on any atom is -0.0622 e. The second-order valence-corrected chi connectivity index (χ2v) is 24.5. The Morgan fingerprint density at radius 1 is 0.221 bits per heavy atom. The van der Waals surface area contributed by atoms with E-state index in [1.165, 1.54) is 209 Å². The fraction of sp³-hybridized carbons (Fsp3) is 0.116. The smallest absolute Gasteiger partial charge is 0.000718 e. The first kappa shape index (κ1) is 50.6. The van der Waals surface area contributed by atoms with Crippen molar-refractivity contribution in [2.75, 3.05) is 0 Å². The van der Waals surface area contributed by atoms with E-state index >= 15 is 0 Å². The van der Waals surface area contributed by atoms with Gasteiger partial charge in [0.1, 0.15) is 0 Å². The predicted molar refractivity (Wildman–Crippen MR) is 373 cm³/mol. The van der Waals surface area contributed by atoms with Gasteiger partial charge in [-0.2, -0.15) is 0 Å². The number of rotatable bonds is 10. The van der Waals surface area contributed by atoms with Gasteiger partial charge in [-0.1, -0.05) is 264 Å². The van der Waals surface area contributed by atoms with Crippen LogP contribution in [-0.4, -0.2) is 0 Å². The molecule has 0 aromatic heterocycles. The van der Waals surface area contributed by atoms with Crippen molar-refractivity contribution in [1.82, 2.24) is 0 Å². The van der Waals surface area contributed by atoms with Crippen LogP contribution in [0.1, 0.15) is 61.1 Å². The molecule has 0 amide bonds. The van der Waals surface area contributed by atoms with Crippen molar-refractivity contribution in [1.29, 1.82) is 0 Å². The molecule has 16 aromatic rings. The summed E-state index contributed by atoms with van der Waals surface area (Å²) < 4.78 is 0. The summed E-state index contributed by atoms with van der Waals surface area (Å²) in [5, 5.41) is 21.9. The van der Waals surface area contributed by atoms with Crippen LogP contribution in [0.2, 0.25) is 0 Å². The second kappa shape index (κ2) is 19.3. The Morgan fingerprint density at radius 2 is 0.593 bits per heavy atom. The molecule has 1 aliphatic carbocycles. The summed E-state index contributed by atoms with van der Waals surface area (Å²) >= 11 is 0. The Hall–Kier alpha value is -9.88. The van der Waals surface area contributed by atoms with Crippen molar-refractivity contribution >= 4 is 86.2 Å². The highest BCUT2D eigenvalue weighted by molar-refractivity contribution is 6.42. The van der Waals surface area contributed by atoms with Gasteiger partial charge < -0.3 is 0 Å². The fourth-order valence-electron chi connectivity index (χ4n) is 16.3. The third-order valence-corrected chi connectivity index (χ3v) is 19.9. The van der Waals surface area contributed by atoms with Gasteiger partial charge in [0, 0.05) is 0 Å². The maximum atomic E-state index is 2.50. The van der Waals surface area contributed by atoms with Crippen molar-refractivity contribution in [2.45, 2.75) is 67.2 Å². The van der Waals surface area contributed by atoms with Crippen LogP contribution in [0.15, 0.2) is 231 Å². The standard InChI is InChI=1S/C86H64/c1-7-51-31-35-55(36-32-51)76-74(53-20-13-11-14-21-53)75(54-22-15-12-16-23-54)77(56-37-33-52(8-2)34-38-56)86-72-45-41-62(65-25-19-29-69(80(65)72)85(76)86)61-40-43-70-78-64(61)24-17-27-67(78)81-58(9-3)82-68-28-18-26-66-63(42-44-71(79(66)68)84(82)59(10-4)83(70)81)73-48-50(6)47-57-46-49(5)30-39-60(57)73/h11-48H,7-10H2,1-6H3. The van der Waals surface area contributed by atoms with Crippen LogP contribution in [0.4, 0.5) is 0 Å². The van der Waals surface area contributed by atoms with Gasteiger partial charge in [0.2, 0.25) is 0 Å². The number of benzene rings is 14. The molecule has 0 unspecified atom stereocenters. The summed E-state index contributed by atoms with van der Waals surface area (Å²) in [4.78, 5) is 0. The van der Waals surface area contributed by atoms with Gasteiger partial charge >= 0.3 is 0 Å². The van der Waals surface area contributed by atoms with Crippen LogP contribution >= 0.6 is 0 Å². The SMILES string of the molecule is CCc1ccc(-c2c(-c3ccccc3)c(-c3ccccc3)c(-c3ccc(CC)cc3)c3c2-c2cccc4c(-c5ccc6c7c(CC)c8c9ccc(-c%10cc(C)cc%11cc(C)ccc%10%11)c%10cccc(c8c(CC)c7c7cccc5c76)c%109)ccc-3c24)cc1. The molecule has 0 fully saturated rings. The van der Waals surface area contributed by atoms with Crippen molar-refractivity contribution < 1.29 is 0 Å². The van der Waals surface area contributed by atoms with Crippen molar-refractivity contribution in [3.05, 3.63) is 264 Å². The molecule has 0 heterocycles. The minimum absolute atomic E-state index is 0.938. The van der Waals surface area contributed by atoms with E-state index in [0.717, 1.165) is 25.7 Å². The van der Waals surface area contributed by atoms with Gasteiger partial charge in [0.25, 0.3) is 0 Å². The maximum absolute atomic E-state index is 2.50. The highest BCUT2D eigenvalue weighted by Crippen LogP contribution is 2.62. The molecule has 0 saturated carbocycles. The zero-order valence-electron chi connectivity index (χ0n) is 49.8. The summed E-state index contributed by atoms with van der Waals surface area (Å²) in [6.45, 7) is 13.7. The highest BCUT2D eigenvalue weighted by atomic mass is 14.4. The molecule has 86 heavy (non-hydrogen) atoms. The molecule has 0 nitrogen and oxygen atoms in total. The molecule has 0 atom stereocenters. The first-order valence-electron chi connectivity index (χ1n) is 31.3. The summed E-state index contributed by atoms with van der Waals surface area (Å²) in [6, 6.07) is 89.2. The monoisotopic (exact) mass is 1100 g/mol. The zero-order chi connectivity index (χ0) is 57.6. The van der Waals surface area contributed by atoms with E-state index in [0.29, 0.717) is 0 Å². The summed E-state index contributed by atoms with van der Waals surface area (Å²) in [6.07, 6.45) is 3.86. The topological polar surface area (TPSA) is 0 Å². The molecule has 0 heteroatoms. The molecule has 408 valence electrons. The lowest BCUT2D eigenvalue weighted by Crippen LogP contribution is -2.00. The number of fused-ring (bicyclic) bond motifs is 10. The van der Waals surface area contributed by atoms with Crippen molar-refractivity contribution in [2.24, 2.45) is 0 Å². The highest BCUT2D eigenvalue weighted by Gasteiger charge is 2.35. The lowest BCUT2D eigenvalue weighted by atomic mass is 9.76. The molecular formula is C86H64. The minimum atomic E-state index is 0.938. The Bertz CT molecular complexity index is 5270. The van der Waals surface area contributed by atoms with E-state index in [4.69, 9.17) is 0 Å². The van der Waals surface area contributed by atoms with E-state index in [1.807, 2.05) is 0 Å². The van der Waals surface area contributed by atoms with Crippen LogP contribution in [0.3, 0.4) is 0 Å². The van der Waals surface area contributed by atoms with Crippen LogP contribution < -0.4 is 0 Å². The largest absolute Gasteiger partial charge is 0.0622 e. The van der Waals surface area contributed by atoms with E-state index in [2.05, 4.69) is 272 Å². The zero-order valence-corrected chi connectivity index (χ0v) is 49.8. The Kier molecular flexibility index (Phi) is 11.4. The van der Waals surface area contributed by atoms with Crippen LogP contribution in [0, 0.1) is 13.8 Å². The normalized spacial score (nSPS) is 12.3. The predicted octanol–water partition coefficient (Wildman–Crippen LogP) is 24.3. The molecule has 16 aromatic carbocycles. The van der Waals surface area contributed by atoms with Crippen molar-refractivity contribution in [3.8, 4) is 89.0 Å². The molecule has 0 N–H and O–H groups in total. The average molecular weight is 1100 g/mol. The van der Waals surface area contributed by atoms with Gasteiger partial charge in [-0.3, -0.25) is 0 Å². The van der Waals surface area contributed by atoms with Gasteiger partial charge in [-0.25, -0.2) is 0 Å². The van der Waals surface area contributed by atoms with E-state index in [1.54, 1.807) is 0 Å². The van der Waals surface area contributed by atoms with Crippen molar-refractivity contribution in [3.63, 3.8) is 0 Å². The Morgan fingerprint density at radius 3 is 1.08 bits per heavy atom. The fourth-order valence-corrected chi connectivity index (χ4v) is 16.3. The first-order chi connectivity index (χ1) is 42.3. The molecule has 0 saturated heterocycles. The molecule has 0 spiro atoms. The molecule has 0 radical (unpaired) electrons. The second-order valence-electron chi connectivity index (χ2n) is 24.5. The maximum Gasteiger partial charge on any atom is -0.000718 e. The third-order valence-electron chi connectivity index (χ3n) is 19.9. The molecule has 17 rings (SSSR count). The van der Waals surface area contributed by atoms with Gasteiger partial charge in [0.05, 0.1) is 0 Å². The van der Waals surface area contributed by atoms with E-state index in [9.17, 15) is 0 Å². The number of hydrogen-bond donors (Lipinski definition) is 0. The average Bonchev–Trinajstić information content (AvgIpc) is 1.54. The molecule has 1 aliphatic rings. The third kappa shape index (κ3) is 7.11. The Balaban J connectivity index is 0.930. The quantitative estimate of drug-likeness (QED) is 0.128. The molecule has 0 bridgehead atoms. The van der Waals surface area contributed by atoms with Gasteiger partial charge in [-0.05, 0) is 243 Å². The van der Waals surface area contributed by atoms with Crippen LogP contribution in [-0.2, 0) is 25.7 Å². The lowest BCUT2D eigenvalue weighted by molar-refractivity contribution is 1.14. The first-order valence-corrected chi connectivity index (χ1v) is 31.3. The van der Waals surface area contributed by atoms with E-state index in [-0.39, 0.29) is 0 Å². The summed E-state index contributed by atoms with van der Waals surface area (Å²) in [5.74, 6) is 0. The summed E-state index contributed by atoms with van der Waals surface area (Å²) in [7, 11) is 0. The van der Waals surface area contributed by atoms with E-state index < -0.39 is 0 Å². The number of hydrogen-bond acceptors (Lipinski definition) is 0. The molecule has 0 aliphatic heterocycles. The van der Waals surface area contributed by atoms with Crippen LogP contribution in [0.25, 0.3) is 175 Å². The Labute approximate surface area is 503 Å². The summed E-state index contributed by atoms with van der Waals surface area (Å²) in [5.41, 5.74) is 28.6. The lowest BCUT2D eigenvalue weighted by Gasteiger charge is -2.26. The molecular weight excluding hydrogens is 1030 g/mol. The van der Waals surface area contributed by atoms with Gasteiger partial charge in [-0.15, -0.1) is 0 Å².